The molecule has 5 aromatic rings. The molecule has 1 aliphatic carbocycles. The molecule has 5 aromatic heterocycles. The Labute approximate surface area is 318 Å². The SMILES string of the molecule is C[C@H](C#N)Nc1cc(-n2ncc3cc(C#N)cnc32)ncc1-n1cc(C2CCC(CCN3CCC(c4ccc(N5CCC(=O)NC5=O)nc4)CC3)CC2)nn1. The van der Waals surface area contributed by atoms with Gasteiger partial charge in [-0.15, -0.1) is 5.10 Å². The minimum absolute atomic E-state index is 0.245. The summed E-state index contributed by atoms with van der Waals surface area (Å²) in [6.07, 6.45) is 16.9. The Balaban J connectivity index is 0.836. The van der Waals surface area contributed by atoms with Crippen LogP contribution in [0.5, 0.6) is 0 Å². The first-order valence-corrected chi connectivity index (χ1v) is 19.0. The van der Waals surface area contributed by atoms with Crippen molar-refractivity contribution in [3.63, 3.8) is 0 Å². The number of fused-ring (bicyclic) bond motifs is 1. The van der Waals surface area contributed by atoms with Crippen LogP contribution in [0.4, 0.5) is 16.3 Å². The van der Waals surface area contributed by atoms with Gasteiger partial charge in [0.05, 0.1) is 41.6 Å². The van der Waals surface area contributed by atoms with Crippen molar-refractivity contribution in [2.24, 2.45) is 5.92 Å². The average Bonchev–Trinajstić information content (AvgIpc) is 3.88. The highest BCUT2D eigenvalue weighted by Crippen LogP contribution is 2.37. The van der Waals surface area contributed by atoms with Gasteiger partial charge in [0.15, 0.2) is 11.5 Å². The molecule has 0 bridgehead atoms. The molecule has 0 spiro atoms. The van der Waals surface area contributed by atoms with Gasteiger partial charge in [0.1, 0.15) is 23.6 Å². The Bertz CT molecular complexity index is 2270. The van der Waals surface area contributed by atoms with Crippen LogP contribution in [-0.2, 0) is 4.79 Å². The molecule has 3 amide bonds. The number of hydrogen-bond acceptors (Lipinski definition) is 12. The van der Waals surface area contributed by atoms with E-state index in [2.05, 4.69) is 64.1 Å². The number of pyridine rings is 3. The number of aromatic nitrogens is 8. The van der Waals surface area contributed by atoms with E-state index in [1.807, 2.05) is 24.5 Å². The van der Waals surface area contributed by atoms with Crippen molar-refractivity contribution in [2.75, 3.05) is 36.4 Å². The fourth-order valence-corrected chi connectivity index (χ4v) is 8.03. The first kappa shape index (κ1) is 35.8. The predicted octanol–water partition coefficient (Wildman–Crippen LogP) is 4.98. The van der Waals surface area contributed by atoms with Gasteiger partial charge < -0.3 is 10.2 Å². The van der Waals surface area contributed by atoms with Crippen LogP contribution in [0.2, 0.25) is 0 Å². The number of likely N-dealkylation sites (tertiary alicyclic amines) is 1. The molecule has 0 radical (unpaired) electrons. The summed E-state index contributed by atoms with van der Waals surface area (Å²) in [6, 6.07) is 11.0. The highest BCUT2D eigenvalue weighted by molar-refractivity contribution is 6.05. The summed E-state index contributed by atoms with van der Waals surface area (Å²) in [7, 11) is 0. The van der Waals surface area contributed by atoms with E-state index in [1.54, 1.807) is 34.7 Å². The Morgan fingerprint density at radius 3 is 2.49 bits per heavy atom. The Morgan fingerprint density at radius 1 is 0.927 bits per heavy atom. The lowest BCUT2D eigenvalue weighted by molar-refractivity contribution is -0.120. The lowest BCUT2D eigenvalue weighted by Gasteiger charge is -2.34. The monoisotopic (exact) mass is 738 g/mol. The van der Waals surface area contributed by atoms with Crippen molar-refractivity contribution < 1.29 is 9.59 Å². The largest absolute Gasteiger partial charge is 0.368 e. The number of urea groups is 1. The van der Waals surface area contributed by atoms with Gasteiger partial charge in [-0.25, -0.2) is 24.4 Å². The van der Waals surface area contributed by atoms with Gasteiger partial charge in [-0.1, -0.05) is 11.3 Å². The number of nitriles is 2. The van der Waals surface area contributed by atoms with Crippen molar-refractivity contribution in [1.82, 2.24) is 49.9 Å². The summed E-state index contributed by atoms with van der Waals surface area (Å²) >= 11 is 0. The van der Waals surface area contributed by atoms with Gasteiger partial charge in [0.25, 0.3) is 0 Å². The standard InChI is InChI=1S/C39H42N14O2/c1-25(18-40)46-32-17-36(53-38-31(22-45-53)16-27(19-41)20-44-38)43-23-34(32)52-24-33(48-49-52)29-4-2-26(3-5-29)8-12-50-13-9-28(10-14-50)30-6-7-35(42-21-30)51-15-11-37(54)47-39(51)55/h6-7,16-17,20-26,28-29H,2-5,8-15H2,1H3,(H,43,46)(H,47,54,55)/t25-,26?,29?/m1/s1. The third kappa shape index (κ3) is 7.72. The normalized spacial score (nSPS) is 20.2. The van der Waals surface area contributed by atoms with E-state index in [1.165, 1.54) is 35.9 Å². The highest BCUT2D eigenvalue weighted by Gasteiger charge is 2.28. The third-order valence-electron chi connectivity index (χ3n) is 11.2. The number of nitrogens with zero attached hydrogens (tertiary/aromatic N) is 12. The van der Waals surface area contributed by atoms with Crippen LogP contribution in [0, 0.1) is 28.6 Å². The number of amides is 3. The Kier molecular flexibility index (Phi) is 10.1. The maximum atomic E-state index is 12.2. The molecule has 280 valence electrons. The predicted molar refractivity (Wildman–Crippen MR) is 202 cm³/mol. The zero-order chi connectivity index (χ0) is 37.9. The van der Waals surface area contributed by atoms with E-state index in [9.17, 15) is 20.1 Å². The first-order chi connectivity index (χ1) is 26.8. The van der Waals surface area contributed by atoms with E-state index in [0.29, 0.717) is 58.5 Å². The van der Waals surface area contributed by atoms with E-state index in [0.717, 1.165) is 56.4 Å². The molecule has 3 aliphatic rings. The summed E-state index contributed by atoms with van der Waals surface area (Å²) in [5, 5.41) is 38.7. The lowest BCUT2D eigenvalue weighted by Crippen LogP contribution is -2.49. The van der Waals surface area contributed by atoms with Crippen molar-refractivity contribution in [3.05, 3.63) is 72.1 Å². The topological polar surface area (TPSA) is 199 Å². The zero-order valence-electron chi connectivity index (χ0n) is 30.7. The molecule has 0 aromatic carbocycles. The molecule has 7 heterocycles. The fourth-order valence-electron chi connectivity index (χ4n) is 8.03. The molecule has 2 saturated heterocycles. The van der Waals surface area contributed by atoms with Gasteiger partial charge in [0, 0.05) is 42.7 Å². The number of carbonyl (C=O) groups is 2. The number of imide groups is 1. The maximum Gasteiger partial charge on any atom is 0.329 e. The third-order valence-corrected chi connectivity index (χ3v) is 11.2. The molecule has 2 aliphatic heterocycles. The summed E-state index contributed by atoms with van der Waals surface area (Å²) < 4.78 is 3.34. The number of carbonyl (C=O) groups excluding carboxylic acids is 2. The molecule has 16 heteroatoms. The molecule has 1 atom stereocenters. The minimum atomic E-state index is -0.467. The summed E-state index contributed by atoms with van der Waals surface area (Å²) in [6.45, 7) is 5.40. The van der Waals surface area contributed by atoms with Gasteiger partial charge in [-0.05, 0) is 101 Å². The minimum Gasteiger partial charge on any atom is -0.368 e. The van der Waals surface area contributed by atoms with Crippen LogP contribution >= 0.6 is 0 Å². The number of nitrogens with one attached hydrogen (secondary N) is 2. The summed E-state index contributed by atoms with van der Waals surface area (Å²) in [5.74, 6) is 2.35. The summed E-state index contributed by atoms with van der Waals surface area (Å²) in [4.78, 5) is 41.4. The quantitative estimate of drug-likeness (QED) is 0.195. The number of piperidine rings is 1. The second kappa shape index (κ2) is 15.6. The number of hydrogen-bond donors (Lipinski definition) is 2. The molecule has 8 rings (SSSR count). The average molecular weight is 739 g/mol. The molecule has 0 unspecified atom stereocenters. The van der Waals surface area contributed by atoms with Crippen LogP contribution in [0.3, 0.4) is 0 Å². The maximum absolute atomic E-state index is 12.2. The molecule has 55 heavy (non-hydrogen) atoms. The molecular formula is C39H42N14O2. The van der Waals surface area contributed by atoms with Crippen molar-refractivity contribution in [3.8, 4) is 23.6 Å². The highest BCUT2D eigenvalue weighted by atomic mass is 16.2. The molecular weight excluding hydrogens is 697 g/mol. The van der Waals surface area contributed by atoms with Crippen LogP contribution in [0.15, 0.2) is 55.2 Å². The van der Waals surface area contributed by atoms with E-state index >= 15 is 0 Å². The number of anilines is 2. The second-order valence-electron chi connectivity index (χ2n) is 14.8. The van der Waals surface area contributed by atoms with E-state index in [-0.39, 0.29) is 12.3 Å². The molecule has 1 saturated carbocycles. The Morgan fingerprint density at radius 2 is 1.75 bits per heavy atom. The lowest BCUT2D eigenvalue weighted by atomic mass is 9.79. The van der Waals surface area contributed by atoms with Crippen LogP contribution in [-0.4, -0.2) is 88.8 Å². The molecule has 16 nitrogen and oxygen atoms in total. The van der Waals surface area contributed by atoms with Crippen molar-refractivity contribution in [2.45, 2.75) is 76.2 Å². The van der Waals surface area contributed by atoms with Crippen LogP contribution in [0.25, 0.3) is 22.5 Å². The molecule has 3 fully saturated rings. The molecule has 2 N–H and O–H groups in total. The number of rotatable bonds is 10. The van der Waals surface area contributed by atoms with Gasteiger partial charge in [-0.3, -0.25) is 15.0 Å². The van der Waals surface area contributed by atoms with Gasteiger partial charge in [0.2, 0.25) is 5.91 Å². The first-order valence-electron chi connectivity index (χ1n) is 19.0. The summed E-state index contributed by atoms with van der Waals surface area (Å²) in [5.41, 5.74) is 4.55. The van der Waals surface area contributed by atoms with Crippen LogP contribution < -0.4 is 15.5 Å². The smallest absolute Gasteiger partial charge is 0.329 e. The van der Waals surface area contributed by atoms with Crippen LogP contribution in [0.1, 0.15) is 86.9 Å². The Hall–Kier alpha value is -6.26. The second-order valence-corrected chi connectivity index (χ2v) is 14.8. The fraction of sp³-hybridized carbons (Fsp3) is 0.436. The van der Waals surface area contributed by atoms with Crippen molar-refractivity contribution >= 4 is 34.5 Å². The van der Waals surface area contributed by atoms with Crippen molar-refractivity contribution in [1.29, 1.82) is 10.5 Å². The van der Waals surface area contributed by atoms with E-state index < -0.39 is 12.1 Å². The zero-order valence-corrected chi connectivity index (χ0v) is 30.7. The van der Waals surface area contributed by atoms with E-state index in [4.69, 9.17) is 0 Å². The van der Waals surface area contributed by atoms with Gasteiger partial charge >= 0.3 is 6.03 Å². The van der Waals surface area contributed by atoms with Gasteiger partial charge in [-0.2, -0.15) is 20.3 Å².